The van der Waals surface area contributed by atoms with Crippen molar-refractivity contribution in [2.45, 2.75) is 44.2 Å². The fourth-order valence-corrected chi connectivity index (χ4v) is 4.10. The second-order valence-corrected chi connectivity index (χ2v) is 7.94. The van der Waals surface area contributed by atoms with Gasteiger partial charge in [-0.05, 0) is 51.7 Å². The topological polar surface area (TPSA) is 72.4 Å². The van der Waals surface area contributed by atoms with Crippen LogP contribution in [-0.2, 0) is 18.3 Å². The number of nitrogens with zero attached hydrogens (tertiary/aromatic N) is 5. The first-order valence-corrected chi connectivity index (χ1v) is 9.60. The van der Waals surface area contributed by atoms with Crippen LogP contribution in [-0.4, -0.2) is 77.5 Å². The van der Waals surface area contributed by atoms with E-state index in [9.17, 15) is 0 Å². The highest BCUT2D eigenvalue weighted by molar-refractivity contribution is 5.08. The van der Waals surface area contributed by atoms with Gasteiger partial charge in [-0.15, -0.1) is 10.2 Å². The molecule has 0 bridgehead atoms. The molecule has 7 heteroatoms. The highest BCUT2D eigenvalue weighted by atomic mass is 16.5. The Morgan fingerprint density at radius 2 is 1.96 bits per heavy atom. The third-order valence-corrected chi connectivity index (χ3v) is 5.84. The largest absolute Gasteiger partial charge is 0.383 e. The highest BCUT2D eigenvalue weighted by Crippen LogP contribution is 2.34. The molecule has 1 aliphatic heterocycles. The number of ether oxygens (including phenoxy) is 1. The highest BCUT2D eigenvalue weighted by Gasteiger charge is 2.31. The van der Waals surface area contributed by atoms with Crippen molar-refractivity contribution in [2.24, 2.45) is 18.7 Å². The molecule has 0 amide bonds. The number of nitrogens with two attached hydrogens (primary N) is 1. The lowest BCUT2D eigenvalue weighted by molar-refractivity contribution is 0.109. The Bertz CT molecular complexity index is 534. The first kappa shape index (κ1) is 18.8. The maximum absolute atomic E-state index is 5.91. The number of rotatable bonds is 8. The van der Waals surface area contributed by atoms with Gasteiger partial charge in [0, 0.05) is 39.2 Å². The smallest absolute Gasteiger partial charge is 0.146 e. The monoisotopic (exact) mass is 350 g/mol. The minimum atomic E-state index is 0.350. The lowest BCUT2D eigenvalue weighted by Gasteiger charge is -2.33. The van der Waals surface area contributed by atoms with Crippen LogP contribution in [0.25, 0.3) is 0 Å². The molecule has 1 aliphatic carbocycles. The predicted molar refractivity (Wildman–Crippen MR) is 98.3 cm³/mol. The van der Waals surface area contributed by atoms with E-state index in [1.807, 2.05) is 0 Å². The van der Waals surface area contributed by atoms with Gasteiger partial charge < -0.3 is 19.9 Å². The molecular formula is C18H34N6O. The minimum absolute atomic E-state index is 0.350. The van der Waals surface area contributed by atoms with Crippen LogP contribution in [0, 0.1) is 5.92 Å². The molecule has 2 N–H and O–H groups in total. The summed E-state index contributed by atoms with van der Waals surface area (Å²) < 4.78 is 7.36. The Morgan fingerprint density at radius 3 is 2.60 bits per heavy atom. The van der Waals surface area contributed by atoms with Crippen LogP contribution in [0.2, 0.25) is 0 Å². The van der Waals surface area contributed by atoms with Crippen LogP contribution >= 0.6 is 0 Å². The summed E-state index contributed by atoms with van der Waals surface area (Å²) in [7, 11) is 6.07. The summed E-state index contributed by atoms with van der Waals surface area (Å²) in [5.41, 5.74) is 5.91. The van der Waals surface area contributed by atoms with Crippen LogP contribution in [0.15, 0.2) is 0 Å². The molecule has 0 atom stereocenters. The molecular weight excluding hydrogens is 316 g/mol. The van der Waals surface area contributed by atoms with E-state index < -0.39 is 0 Å². The van der Waals surface area contributed by atoms with E-state index in [-0.39, 0.29) is 0 Å². The average Bonchev–Trinajstić information content (AvgIpc) is 2.92. The van der Waals surface area contributed by atoms with Crippen molar-refractivity contribution in [3.05, 3.63) is 11.6 Å². The van der Waals surface area contributed by atoms with Gasteiger partial charge >= 0.3 is 0 Å². The zero-order valence-electron chi connectivity index (χ0n) is 16.0. The van der Waals surface area contributed by atoms with Crippen molar-refractivity contribution >= 4 is 0 Å². The molecule has 7 nitrogen and oxygen atoms in total. The summed E-state index contributed by atoms with van der Waals surface area (Å²) >= 11 is 0. The van der Waals surface area contributed by atoms with E-state index >= 15 is 0 Å². The Kier molecular flexibility index (Phi) is 6.44. The summed E-state index contributed by atoms with van der Waals surface area (Å²) in [5.74, 6) is 3.45. The van der Waals surface area contributed by atoms with E-state index in [1.54, 1.807) is 7.11 Å². The molecule has 25 heavy (non-hydrogen) atoms. The van der Waals surface area contributed by atoms with Crippen LogP contribution in [0.4, 0.5) is 0 Å². The molecule has 2 heterocycles. The maximum Gasteiger partial charge on any atom is 0.146 e. The maximum atomic E-state index is 5.91. The van der Waals surface area contributed by atoms with Crippen LogP contribution < -0.4 is 5.73 Å². The number of piperidine rings is 1. The van der Waals surface area contributed by atoms with Crippen molar-refractivity contribution in [3.8, 4) is 0 Å². The van der Waals surface area contributed by atoms with Crippen molar-refractivity contribution in [1.29, 1.82) is 0 Å². The van der Waals surface area contributed by atoms with Gasteiger partial charge in [0.1, 0.15) is 11.6 Å². The van der Waals surface area contributed by atoms with Crippen molar-refractivity contribution in [1.82, 2.24) is 24.6 Å². The van der Waals surface area contributed by atoms with Gasteiger partial charge in [0.25, 0.3) is 0 Å². The van der Waals surface area contributed by atoms with Crippen LogP contribution in [0.5, 0.6) is 0 Å². The molecule has 0 aromatic carbocycles. The average molecular weight is 351 g/mol. The van der Waals surface area contributed by atoms with Gasteiger partial charge in [-0.2, -0.15) is 0 Å². The fourth-order valence-electron chi connectivity index (χ4n) is 4.10. The quantitative estimate of drug-likeness (QED) is 0.748. The van der Waals surface area contributed by atoms with Crippen LogP contribution in [0.1, 0.15) is 43.3 Å². The van der Waals surface area contributed by atoms with Crippen molar-refractivity contribution < 1.29 is 4.74 Å². The molecule has 1 saturated carbocycles. The Hall–Kier alpha value is -1.02. The molecule has 1 aromatic heterocycles. The minimum Gasteiger partial charge on any atom is -0.383 e. The zero-order valence-corrected chi connectivity index (χ0v) is 16.0. The van der Waals surface area contributed by atoms with E-state index in [4.69, 9.17) is 10.5 Å². The summed E-state index contributed by atoms with van der Waals surface area (Å²) in [6.45, 7) is 6.28. The number of methoxy groups -OCH3 is 1. The van der Waals surface area contributed by atoms with Crippen molar-refractivity contribution in [3.63, 3.8) is 0 Å². The molecule has 1 aromatic rings. The second-order valence-electron chi connectivity index (χ2n) is 7.94. The standard InChI is InChI=1S/C18H34N6O/c1-22(12-14-4-6-24(7-5-14)8-9-25-3)13-17-20-21-18(23(17)2)15-10-16(19)11-15/h14-16H,4-13,19H2,1-3H3. The molecule has 2 fully saturated rings. The van der Waals surface area contributed by atoms with E-state index in [0.29, 0.717) is 12.0 Å². The predicted octanol–water partition coefficient (Wildman–Crippen LogP) is 0.810. The number of aromatic nitrogens is 3. The molecule has 3 rings (SSSR count). The summed E-state index contributed by atoms with van der Waals surface area (Å²) in [4.78, 5) is 4.91. The van der Waals surface area contributed by atoms with Gasteiger partial charge in [-0.1, -0.05) is 0 Å². The summed E-state index contributed by atoms with van der Waals surface area (Å²) in [5, 5.41) is 8.85. The van der Waals surface area contributed by atoms with E-state index in [2.05, 4.69) is 38.7 Å². The number of hydrogen-bond donors (Lipinski definition) is 1. The third kappa shape index (κ3) is 4.78. The Balaban J connectivity index is 1.43. The van der Waals surface area contributed by atoms with Gasteiger partial charge in [0.2, 0.25) is 0 Å². The van der Waals surface area contributed by atoms with E-state index in [1.165, 1.54) is 25.9 Å². The SMILES string of the molecule is COCCN1CCC(CN(C)Cc2nnc(C3CC(N)C3)n2C)CC1. The first-order chi connectivity index (χ1) is 12.1. The Labute approximate surface area is 151 Å². The lowest BCUT2D eigenvalue weighted by atomic mass is 9.80. The van der Waals surface area contributed by atoms with Crippen LogP contribution in [0.3, 0.4) is 0 Å². The van der Waals surface area contributed by atoms with Gasteiger partial charge in [-0.3, -0.25) is 4.90 Å². The van der Waals surface area contributed by atoms with Gasteiger partial charge in [0.15, 0.2) is 0 Å². The molecule has 0 unspecified atom stereocenters. The first-order valence-electron chi connectivity index (χ1n) is 9.60. The molecule has 0 spiro atoms. The molecule has 2 aliphatic rings. The number of likely N-dealkylation sites (tertiary alicyclic amines) is 1. The van der Waals surface area contributed by atoms with E-state index in [0.717, 1.165) is 56.6 Å². The second kappa shape index (κ2) is 8.58. The molecule has 1 saturated heterocycles. The Morgan fingerprint density at radius 1 is 1.24 bits per heavy atom. The lowest BCUT2D eigenvalue weighted by Crippen LogP contribution is -2.39. The third-order valence-electron chi connectivity index (χ3n) is 5.84. The summed E-state index contributed by atoms with van der Waals surface area (Å²) in [6.07, 6.45) is 4.64. The van der Waals surface area contributed by atoms with Crippen molar-refractivity contribution in [2.75, 3.05) is 46.9 Å². The number of hydrogen-bond acceptors (Lipinski definition) is 6. The fraction of sp³-hybridized carbons (Fsp3) is 0.889. The van der Waals surface area contributed by atoms with Gasteiger partial charge in [-0.25, -0.2) is 0 Å². The molecule has 142 valence electrons. The zero-order chi connectivity index (χ0) is 17.8. The van der Waals surface area contributed by atoms with Gasteiger partial charge in [0.05, 0.1) is 13.2 Å². The summed E-state index contributed by atoms with van der Waals surface area (Å²) in [6, 6.07) is 0.350. The molecule has 0 radical (unpaired) electrons. The normalized spacial score (nSPS) is 25.5.